The van der Waals surface area contributed by atoms with Gasteiger partial charge in [0.05, 0.1) is 23.6 Å². The number of pyridine rings is 1. The number of nitrogens with zero attached hydrogens (tertiary/aromatic N) is 7. The minimum Gasteiger partial charge on any atom is -0.382 e. The van der Waals surface area contributed by atoms with Crippen molar-refractivity contribution in [2.75, 3.05) is 16.8 Å². The molecular weight excluding hydrogens is 447 g/mol. The van der Waals surface area contributed by atoms with Gasteiger partial charge in [-0.1, -0.05) is 25.4 Å². The van der Waals surface area contributed by atoms with E-state index in [1.165, 1.54) is 12.3 Å². The number of hydrogen-bond donors (Lipinski definition) is 3. The number of nitrogens with two attached hydrogens (primary N) is 2. The van der Waals surface area contributed by atoms with Crippen molar-refractivity contribution in [2.45, 2.75) is 32.7 Å². The fourth-order valence-corrected chi connectivity index (χ4v) is 3.81. The fourth-order valence-electron chi connectivity index (χ4n) is 3.43. The van der Waals surface area contributed by atoms with E-state index < -0.39 is 11.9 Å². The Morgan fingerprint density at radius 3 is 2.61 bits per heavy atom. The van der Waals surface area contributed by atoms with Gasteiger partial charge in [-0.15, -0.1) is 0 Å². The molecule has 0 fully saturated rings. The van der Waals surface area contributed by atoms with E-state index in [0.717, 1.165) is 6.20 Å². The van der Waals surface area contributed by atoms with Crippen molar-refractivity contribution in [3.05, 3.63) is 52.3 Å². The van der Waals surface area contributed by atoms with Gasteiger partial charge < -0.3 is 16.8 Å². The van der Waals surface area contributed by atoms with Crippen LogP contribution in [-0.4, -0.2) is 29.5 Å². The molecule has 168 valence electrons. The molecule has 12 heteroatoms. The summed E-state index contributed by atoms with van der Waals surface area (Å²) in [4.78, 5) is 16.6. The summed E-state index contributed by atoms with van der Waals surface area (Å²) in [5.74, 6) is -0.387. The molecule has 33 heavy (non-hydrogen) atoms. The zero-order valence-corrected chi connectivity index (χ0v) is 18.8. The predicted octanol–water partition coefficient (Wildman–Crippen LogP) is 3.71. The van der Waals surface area contributed by atoms with Crippen LogP contribution < -0.4 is 16.8 Å². The first-order chi connectivity index (χ1) is 15.7. The van der Waals surface area contributed by atoms with Crippen LogP contribution in [0, 0.1) is 17.1 Å². The highest BCUT2D eigenvalue weighted by Crippen LogP contribution is 2.34. The van der Waals surface area contributed by atoms with Crippen LogP contribution in [0.5, 0.6) is 0 Å². The molecule has 5 N–H and O–H groups in total. The molecule has 0 saturated carbocycles. The molecule has 0 saturated heterocycles. The molecule has 0 aliphatic rings. The highest BCUT2D eigenvalue weighted by Gasteiger charge is 2.23. The number of rotatable bonds is 5. The fraction of sp³-hybridized carbons (Fsp3) is 0.238. The summed E-state index contributed by atoms with van der Waals surface area (Å²) >= 11 is 6.55. The molecule has 0 amide bonds. The molecule has 0 bridgehead atoms. The van der Waals surface area contributed by atoms with Crippen LogP contribution in [0.2, 0.25) is 5.02 Å². The summed E-state index contributed by atoms with van der Waals surface area (Å²) < 4.78 is 15.6. The molecule has 4 aromatic heterocycles. The van der Waals surface area contributed by atoms with E-state index in [4.69, 9.17) is 28.1 Å². The zero-order valence-electron chi connectivity index (χ0n) is 18.0. The van der Waals surface area contributed by atoms with Gasteiger partial charge in [0.15, 0.2) is 11.5 Å². The van der Waals surface area contributed by atoms with Gasteiger partial charge in [-0.25, -0.2) is 13.9 Å². The Bertz CT molecular complexity index is 1410. The third-order valence-corrected chi connectivity index (χ3v) is 5.38. The minimum atomic E-state index is -0.508. The number of halogens is 2. The van der Waals surface area contributed by atoms with Crippen LogP contribution in [0.1, 0.15) is 49.6 Å². The first-order valence-corrected chi connectivity index (χ1v) is 10.4. The van der Waals surface area contributed by atoms with Crippen LogP contribution >= 0.6 is 11.6 Å². The lowest BCUT2D eigenvalue weighted by Crippen LogP contribution is -2.15. The molecule has 4 aromatic rings. The second-order valence-electron chi connectivity index (χ2n) is 7.73. The second kappa shape index (κ2) is 8.48. The van der Waals surface area contributed by atoms with Crippen molar-refractivity contribution < 1.29 is 4.39 Å². The van der Waals surface area contributed by atoms with E-state index in [0.29, 0.717) is 33.2 Å². The average molecular weight is 467 g/mol. The van der Waals surface area contributed by atoms with Crippen molar-refractivity contribution in [1.29, 1.82) is 5.26 Å². The molecule has 0 radical (unpaired) electrons. The van der Waals surface area contributed by atoms with Gasteiger partial charge in [-0.3, -0.25) is 4.98 Å². The Labute approximate surface area is 193 Å². The van der Waals surface area contributed by atoms with Crippen LogP contribution in [0.3, 0.4) is 0 Å². The molecular formula is C21H20ClFN10. The maximum absolute atomic E-state index is 14.0. The van der Waals surface area contributed by atoms with Crippen LogP contribution in [0.15, 0.2) is 24.7 Å². The van der Waals surface area contributed by atoms with Crippen LogP contribution in [0.4, 0.5) is 22.0 Å². The Morgan fingerprint density at radius 2 is 1.94 bits per heavy atom. The SMILES string of the molecule is CC(C)c1nn2cc([C@H](C)Nc3nc(N)nc(N)c3C#N)c(-c3cncc(F)c3)nc2c1Cl. The smallest absolute Gasteiger partial charge is 0.224 e. The number of anilines is 3. The van der Waals surface area contributed by atoms with Gasteiger partial charge in [0, 0.05) is 23.5 Å². The molecule has 4 heterocycles. The number of nitrogens with one attached hydrogen (secondary N) is 1. The standard InChI is InChI=1S/C21H20ClFN10/c1-9(2)16-15(22)20-29-17(11-4-12(23)7-27-6-11)14(8-33(20)32-16)10(3)28-19-13(5-24)18(25)30-21(26)31-19/h4,6-10H,1-3H3,(H5,25,26,28,30,31)/t10-/m0/s1. The Hall–Kier alpha value is -4.04. The van der Waals surface area contributed by atoms with Crippen molar-refractivity contribution in [3.8, 4) is 17.3 Å². The Balaban J connectivity index is 1.90. The van der Waals surface area contributed by atoms with Crippen molar-refractivity contribution in [2.24, 2.45) is 0 Å². The minimum absolute atomic E-state index is 0.0386. The number of fused-ring (bicyclic) bond motifs is 1. The highest BCUT2D eigenvalue weighted by atomic mass is 35.5. The molecule has 0 aromatic carbocycles. The maximum Gasteiger partial charge on any atom is 0.224 e. The Morgan fingerprint density at radius 1 is 1.18 bits per heavy atom. The molecule has 4 rings (SSSR count). The van der Waals surface area contributed by atoms with Gasteiger partial charge in [-0.2, -0.15) is 20.3 Å². The molecule has 0 spiro atoms. The molecule has 0 aliphatic carbocycles. The summed E-state index contributed by atoms with van der Waals surface area (Å²) in [6.45, 7) is 5.77. The van der Waals surface area contributed by atoms with Gasteiger partial charge in [0.25, 0.3) is 0 Å². The van der Waals surface area contributed by atoms with Crippen molar-refractivity contribution >= 4 is 34.8 Å². The molecule has 10 nitrogen and oxygen atoms in total. The van der Waals surface area contributed by atoms with E-state index >= 15 is 0 Å². The number of nitriles is 1. The lowest BCUT2D eigenvalue weighted by atomic mass is 10.0. The van der Waals surface area contributed by atoms with Crippen molar-refractivity contribution in [3.63, 3.8) is 0 Å². The van der Waals surface area contributed by atoms with E-state index in [-0.39, 0.29) is 29.1 Å². The van der Waals surface area contributed by atoms with Crippen LogP contribution in [0.25, 0.3) is 16.9 Å². The summed E-state index contributed by atoms with van der Waals surface area (Å²) in [5.41, 5.74) is 14.2. The lowest BCUT2D eigenvalue weighted by Gasteiger charge is -2.19. The van der Waals surface area contributed by atoms with Gasteiger partial charge in [0.1, 0.15) is 28.3 Å². The van der Waals surface area contributed by atoms with E-state index in [2.05, 4.69) is 25.4 Å². The quantitative estimate of drug-likeness (QED) is 0.398. The van der Waals surface area contributed by atoms with Crippen molar-refractivity contribution in [1.82, 2.24) is 29.5 Å². The summed E-state index contributed by atoms with van der Waals surface area (Å²) in [6, 6.07) is 2.83. The van der Waals surface area contributed by atoms with Crippen LogP contribution in [-0.2, 0) is 0 Å². The van der Waals surface area contributed by atoms with E-state index in [9.17, 15) is 9.65 Å². The molecule has 1 atom stereocenters. The summed E-state index contributed by atoms with van der Waals surface area (Å²) in [5, 5.41) is 17.6. The number of aromatic nitrogens is 6. The van der Waals surface area contributed by atoms with Gasteiger partial charge in [0.2, 0.25) is 5.95 Å². The number of hydrogen-bond acceptors (Lipinski definition) is 9. The normalized spacial score (nSPS) is 12.2. The maximum atomic E-state index is 14.0. The second-order valence-corrected chi connectivity index (χ2v) is 8.11. The topological polar surface area (TPSA) is 157 Å². The predicted molar refractivity (Wildman–Crippen MR) is 123 cm³/mol. The Kier molecular flexibility index (Phi) is 5.69. The lowest BCUT2D eigenvalue weighted by molar-refractivity contribution is 0.622. The number of nitrogen functional groups attached to an aromatic ring is 2. The largest absolute Gasteiger partial charge is 0.382 e. The summed E-state index contributed by atoms with van der Waals surface area (Å²) in [7, 11) is 0. The first kappa shape index (κ1) is 22.2. The van der Waals surface area contributed by atoms with E-state index in [1.54, 1.807) is 10.7 Å². The van der Waals surface area contributed by atoms with E-state index in [1.807, 2.05) is 26.8 Å². The van der Waals surface area contributed by atoms with Gasteiger partial charge >= 0.3 is 0 Å². The highest BCUT2D eigenvalue weighted by molar-refractivity contribution is 6.34. The zero-order chi connectivity index (χ0) is 23.9. The monoisotopic (exact) mass is 466 g/mol. The third-order valence-electron chi connectivity index (χ3n) is 5.02. The third kappa shape index (κ3) is 4.08. The first-order valence-electron chi connectivity index (χ1n) is 9.98. The summed E-state index contributed by atoms with van der Waals surface area (Å²) in [6.07, 6.45) is 4.36. The average Bonchev–Trinajstić information content (AvgIpc) is 3.08. The van der Waals surface area contributed by atoms with Gasteiger partial charge in [-0.05, 0) is 18.9 Å². The molecule has 0 unspecified atom stereocenters. The molecule has 0 aliphatic heterocycles.